The van der Waals surface area contributed by atoms with Gasteiger partial charge in [-0.1, -0.05) is 0 Å². The summed E-state index contributed by atoms with van der Waals surface area (Å²) in [6.07, 6.45) is 3.32. The van der Waals surface area contributed by atoms with E-state index in [0.717, 1.165) is 11.3 Å². The fraction of sp³-hybridized carbons (Fsp3) is 0.385. The largest absolute Gasteiger partial charge is 0.477 e. The van der Waals surface area contributed by atoms with Crippen LogP contribution in [0.1, 0.15) is 46.3 Å². The molecule has 0 aliphatic carbocycles. The van der Waals surface area contributed by atoms with Gasteiger partial charge in [-0.15, -0.1) is 11.3 Å². The van der Waals surface area contributed by atoms with Gasteiger partial charge in [0, 0.05) is 12.4 Å². The molecule has 0 aliphatic heterocycles. The molecule has 0 spiro atoms. The molecule has 21 heavy (non-hydrogen) atoms. The number of nitrogens with zero attached hydrogens (tertiary/aromatic N) is 3. The Hall–Kier alpha value is -2.22. The van der Waals surface area contributed by atoms with Crippen LogP contribution in [-0.4, -0.2) is 31.7 Å². The number of carbonyl (C=O) groups excluding carboxylic acids is 1. The zero-order chi connectivity index (χ0) is 15.6. The number of amides is 1. The van der Waals surface area contributed by atoms with Gasteiger partial charge in [0.25, 0.3) is 0 Å². The van der Waals surface area contributed by atoms with Crippen LogP contribution in [0.4, 0.5) is 0 Å². The molecule has 7 nitrogen and oxygen atoms in total. The molecule has 0 saturated heterocycles. The summed E-state index contributed by atoms with van der Waals surface area (Å²) in [6.45, 7) is 5.16. The van der Waals surface area contributed by atoms with E-state index in [-0.39, 0.29) is 16.8 Å². The molecule has 2 heterocycles. The highest BCUT2D eigenvalue weighted by molar-refractivity contribution is 7.13. The summed E-state index contributed by atoms with van der Waals surface area (Å²) in [5.74, 6) is -1.20. The predicted molar refractivity (Wildman–Crippen MR) is 77.3 cm³/mol. The Kier molecular flexibility index (Phi) is 4.37. The SMILES string of the molecule is Cc1nc(C(C)NC(=O)C(C)n2cccn2)sc1C(=O)O. The number of carboxylic acids is 1. The second-order valence-electron chi connectivity index (χ2n) is 4.66. The fourth-order valence-corrected chi connectivity index (χ4v) is 2.73. The molecular formula is C13H16N4O3S. The number of thiazole rings is 1. The van der Waals surface area contributed by atoms with Crippen LogP contribution >= 0.6 is 11.3 Å². The van der Waals surface area contributed by atoms with Gasteiger partial charge in [0.15, 0.2) is 0 Å². The van der Waals surface area contributed by atoms with Gasteiger partial charge < -0.3 is 10.4 Å². The van der Waals surface area contributed by atoms with Crippen LogP contribution in [0, 0.1) is 6.92 Å². The first-order valence-electron chi connectivity index (χ1n) is 6.40. The minimum absolute atomic E-state index is 0.198. The van der Waals surface area contributed by atoms with E-state index in [2.05, 4.69) is 15.4 Å². The Morgan fingerprint density at radius 2 is 2.14 bits per heavy atom. The third-order valence-electron chi connectivity index (χ3n) is 3.04. The normalized spacial score (nSPS) is 13.7. The van der Waals surface area contributed by atoms with Crippen LogP contribution in [-0.2, 0) is 4.79 Å². The first-order chi connectivity index (χ1) is 9.90. The molecule has 112 valence electrons. The standard InChI is InChI=1S/C13H16N4O3S/c1-7-10(13(19)20)21-12(16-7)8(2)15-11(18)9(3)17-6-4-5-14-17/h4-6,8-9H,1-3H3,(H,15,18)(H,19,20). The molecule has 2 unspecified atom stereocenters. The van der Waals surface area contributed by atoms with Crippen molar-refractivity contribution in [3.05, 3.63) is 34.0 Å². The predicted octanol–water partition coefficient (Wildman–Crippen LogP) is 1.78. The van der Waals surface area contributed by atoms with Crippen molar-refractivity contribution >= 4 is 23.2 Å². The van der Waals surface area contributed by atoms with Gasteiger partial charge >= 0.3 is 5.97 Å². The number of hydrogen-bond acceptors (Lipinski definition) is 5. The lowest BCUT2D eigenvalue weighted by Gasteiger charge is -2.16. The second-order valence-corrected chi connectivity index (χ2v) is 5.69. The molecule has 2 rings (SSSR count). The van der Waals surface area contributed by atoms with E-state index in [1.165, 1.54) is 0 Å². The number of nitrogens with one attached hydrogen (secondary N) is 1. The van der Waals surface area contributed by atoms with Crippen molar-refractivity contribution in [2.75, 3.05) is 0 Å². The summed E-state index contributed by atoms with van der Waals surface area (Å²) < 4.78 is 1.55. The zero-order valence-electron chi connectivity index (χ0n) is 11.9. The summed E-state index contributed by atoms with van der Waals surface area (Å²) >= 11 is 1.08. The Labute approximate surface area is 125 Å². The number of hydrogen-bond donors (Lipinski definition) is 2. The summed E-state index contributed by atoms with van der Waals surface area (Å²) in [5.41, 5.74) is 0.462. The third-order valence-corrected chi connectivity index (χ3v) is 4.37. The maximum Gasteiger partial charge on any atom is 0.347 e. The number of aryl methyl sites for hydroxylation is 1. The molecule has 0 bridgehead atoms. The topological polar surface area (TPSA) is 97.1 Å². The van der Waals surface area contributed by atoms with Crippen LogP contribution in [0.5, 0.6) is 0 Å². The van der Waals surface area contributed by atoms with Crippen molar-refractivity contribution in [2.45, 2.75) is 32.9 Å². The number of aromatic carboxylic acids is 1. The third kappa shape index (κ3) is 3.27. The molecule has 0 saturated carbocycles. The number of carboxylic acid groups (broad SMARTS) is 1. The van der Waals surface area contributed by atoms with Gasteiger partial charge in [-0.25, -0.2) is 9.78 Å². The van der Waals surface area contributed by atoms with Crippen molar-refractivity contribution in [3.63, 3.8) is 0 Å². The van der Waals surface area contributed by atoms with Crippen LogP contribution in [0.15, 0.2) is 18.5 Å². The van der Waals surface area contributed by atoms with E-state index in [1.807, 2.05) is 0 Å². The molecule has 2 aromatic heterocycles. The first-order valence-corrected chi connectivity index (χ1v) is 7.22. The van der Waals surface area contributed by atoms with Gasteiger partial charge in [-0.2, -0.15) is 5.10 Å². The lowest BCUT2D eigenvalue weighted by molar-refractivity contribution is -0.124. The molecule has 0 aliphatic rings. The van der Waals surface area contributed by atoms with E-state index in [9.17, 15) is 9.59 Å². The quantitative estimate of drug-likeness (QED) is 0.877. The molecule has 2 aromatic rings. The van der Waals surface area contributed by atoms with Gasteiger partial charge in [0.1, 0.15) is 15.9 Å². The lowest BCUT2D eigenvalue weighted by atomic mass is 10.2. The molecule has 0 fully saturated rings. The highest BCUT2D eigenvalue weighted by atomic mass is 32.1. The number of carbonyl (C=O) groups is 2. The van der Waals surface area contributed by atoms with E-state index >= 15 is 0 Å². The Morgan fingerprint density at radius 3 is 2.67 bits per heavy atom. The van der Waals surface area contributed by atoms with Crippen LogP contribution in [0.3, 0.4) is 0 Å². The monoisotopic (exact) mass is 308 g/mol. The zero-order valence-corrected chi connectivity index (χ0v) is 12.7. The van der Waals surface area contributed by atoms with E-state index < -0.39 is 12.0 Å². The van der Waals surface area contributed by atoms with Crippen molar-refractivity contribution in [2.24, 2.45) is 0 Å². The average molecular weight is 308 g/mol. The molecule has 2 N–H and O–H groups in total. The van der Waals surface area contributed by atoms with E-state index in [0.29, 0.717) is 10.7 Å². The van der Waals surface area contributed by atoms with Gasteiger partial charge in [-0.05, 0) is 26.8 Å². The molecule has 1 amide bonds. The van der Waals surface area contributed by atoms with Crippen molar-refractivity contribution < 1.29 is 14.7 Å². The molecule has 0 radical (unpaired) electrons. The smallest absolute Gasteiger partial charge is 0.347 e. The van der Waals surface area contributed by atoms with E-state index in [4.69, 9.17) is 5.11 Å². The van der Waals surface area contributed by atoms with Crippen molar-refractivity contribution in [1.82, 2.24) is 20.1 Å². The van der Waals surface area contributed by atoms with Crippen LogP contribution < -0.4 is 5.32 Å². The second kappa shape index (κ2) is 6.04. The summed E-state index contributed by atoms with van der Waals surface area (Å²) in [7, 11) is 0. The van der Waals surface area contributed by atoms with Gasteiger partial charge in [0.05, 0.1) is 11.7 Å². The highest BCUT2D eigenvalue weighted by Crippen LogP contribution is 2.23. The molecule has 8 heteroatoms. The highest BCUT2D eigenvalue weighted by Gasteiger charge is 2.22. The summed E-state index contributed by atoms with van der Waals surface area (Å²) in [4.78, 5) is 27.6. The molecule has 2 atom stereocenters. The molecule has 0 aromatic carbocycles. The number of aromatic nitrogens is 3. The Balaban J connectivity index is 2.07. The maximum atomic E-state index is 12.1. The average Bonchev–Trinajstić information content (AvgIpc) is 3.06. The lowest BCUT2D eigenvalue weighted by Crippen LogP contribution is -2.33. The van der Waals surface area contributed by atoms with Crippen molar-refractivity contribution in [1.29, 1.82) is 0 Å². The Morgan fingerprint density at radius 1 is 1.43 bits per heavy atom. The number of rotatable bonds is 5. The minimum atomic E-state index is -1.00. The van der Waals surface area contributed by atoms with Crippen molar-refractivity contribution in [3.8, 4) is 0 Å². The van der Waals surface area contributed by atoms with Crippen LogP contribution in [0.2, 0.25) is 0 Å². The van der Waals surface area contributed by atoms with Crippen LogP contribution in [0.25, 0.3) is 0 Å². The molecular weight excluding hydrogens is 292 g/mol. The fourth-order valence-electron chi connectivity index (χ4n) is 1.83. The minimum Gasteiger partial charge on any atom is -0.477 e. The summed E-state index contributed by atoms with van der Waals surface area (Å²) in [6, 6.07) is 0.950. The first kappa shape index (κ1) is 15.2. The van der Waals surface area contributed by atoms with E-state index in [1.54, 1.807) is 43.9 Å². The maximum absolute atomic E-state index is 12.1. The van der Waals surface area contributed by atoms with Gasteiger partial charge in [0.2, 0.25) is 5.91 Å². The summed E-state index contributed by atoms with van der Waals surface area (Å²) in [5, 5.41) is 16.4. The van der Waals surface area contributed by atoms with Gasteiger partial charge in [-0.3, -0.25) is 9.48 Å². The Bertz CT molecular complexity index is 650.